The number of rotatable bonds is 5. The van der Waals surface area contributed by atoms with Crippen LogP contribution in [0.1, 0.15) is 19.5 Å². The zero-order chi connectivity index (χ0) is 14.5. The molecule has 1 fully saturated rings. The van der Waals surface area contributed by atoms with Gasteiger partial charge in [-0.2, -0.15) is 0 Å². The van der Waals surface area contributed by atoms with Crippen molar-refractivity contribution < 1.29 is 9.84 Å². The summed E-state index contributed by atoms with van der Waals surface area (Å²) in [4.78, 5) is 6.80. The monoisotopic (exact) mass is 299 g/mol. The normalized spacial score (nSPS) is 23.8. The minimum Gasteiger partial charge on any atom is -0.394 e. The molecule has 2 heterocycles. The van der Waals surface area contributed by atoms with Gasteiger partial charge in [0.25, 0.3) is 0 Å². The van der Waals surface area contributed by atoms with E-state index in [1.54, 1.807) is 0 Å². The quantitative estimate of drug-likeness (QED) is 0.867. The van der Waals surface area contributed by atoms with Gasteiger partial charge in [-0.15, -0.1) is 0 Å². The van der Waals surface area contributed by atoms with E-state index in [1.807, 2.05) is 19.1 Å². The second kappa shape index (κ2) is 7.22. The predicted molar refractivity (Wildman–Crippen MR) is 80.1 cm³/mol. The van der Waals surface area contributed by atoms with E-state index < -0.39 is 0 Å². The van der Waals surface area contributed by atoms with Gasteiger partial charge in [-0.05, 0) is 26.0 Å². The number of ether oxygens (including phenoxy) is 1. The number of nitrogens with one attached hydrogen (secondary N) is 1. The molecule has 1 saturated heterocycles. The van der Waals surface area contributed by atoms with E-state index in [1.165, 1.54) is 0 Å². The van der Waals surface area contributed by atoms with Crippen molar-refractivity contribution in [2.24, 2.45) is 0 Å². The van der Waals surface area contributed by atoms with Crippen LogP contribution in [0.5, 0.6) is 0 Å². The molecule has 112 valence electrons. The Kier molecular flexibility index (Phi) is 5.60. The molecule has 1 aliphatic rings. The Morgan fingerprint density at radius 3 is 3.05 bits per heavy atom. The van der Waals surface area contributed by atoms with Gasteiger partial charge in [0, 0.05) is 25.7 Å². The second-order valence-electron chi connectivity index (χ2n) is 5.07. The van der Waals surface area contributed by atoms with E-state index in [0.29, 0.717) is 30.8 Å². The van der Waals surface area contributed by atoms with Crippen molar-refractivity contribution in [1.29, 1.82) is 0 Å². The number of anilines is 1. The van der Waals surface area contributed by atoms with Gasteiger partial charge in [0.1, 0.15) is 5.82 Å². The highest BCUT2D eigenvalue weighted by molar-refractivity contribution is 6.31. The van der Waals surface area contributed by atoms with Crippen LogP contribution in [0.25, 0.3) is 0 Å². The zero-order valence-corrected chi connectivity index (χ0v) is 12.7. The van der Waals surface area contributed by atoms with E-state index in [-0.39, 0.29) is 12.7 Å². The molecule has 0 bridgehead atoms. The molecular formula is C14H22ClN3O2. The molecule has 20 heavy (non-hydrogen) atoms. The van der Waals surface area contributed by atoms with Crippen LogP contribution < -0.4 is 5.32 Å². The van der Waals surface area contributed by atoms with Crippen LogP contribution in [0.2, 0.25) is 5.02 Å². The molecule has 1 aromatic rings. The maximum absolute atomic E-state index is 9.23. The number of aliphatic hydroxyl groups is 1. The Morgan fingerprint density at radius 1 is 1.55 bits per heavy atom. The van der Waals surface area contributed by atoms with Crippen molar-refractivity contribution in [2.75, 3.05) is 31.6 Å². The molecule has 6 heteroatoms. The highest BCUT2D eigenvalue weighted by atomic mass is 35.5. The van der Waals surface area contributed by atoms with Crippen LogP contribution in [0, 0.1) is 0 Å². The molecule has 5 nitrogen and oxygen atoms in total. The van der Waals surface area contributed by atoms with Gasteiger partial charge in [-0.1, -0.05) is 11.6 Å². The second-order valence-corrected chi connectivity index (χ2v) is 5.48. The van der Waals surface area contributed by atoms with Gasteiger partial charge in [0.05, 0.1) is 30.0 Å². The van der Waals surface area contributed by atoms with Gasteiger partial charge in [-0.3, -0.25) is 4.90 Å². The predicted octanol–water partition coefficient (Wildman–Crippen LogP) is 1.75. The maximum Gasteiger partial charge on any atom is 0.126 e. The summed E-state index contributed by atoms with van der Waals surface area (Å²) >= 11 is 6.24. The molecule has 2 N–H and O–H groups in total. The zero-order valence-electron chi connectivity index (χ0n) is 12.0. The summed E-state index contributed by atoms with van der Waals surface area (Å²) in [6.07, 6.45) is -0.123. The highest BCUT2D eigenvalue weighted by Gasteiger charge is 2.26. The fourth-order valence-electron chi connectivity index (χ4n) is 2.27. The molecule has 0 aliphatic carbocycles. The number of nitrogens with zero attached hydrogens (tertiary/aromatic N) is 2. The summed E-state index contributed by atoms with van der Waals surface area (Å²) < 4.78 is 5.54. The molecule has 0 aromatic carbocycles. The number of morpholine rings is 1. The van der Waals surface area contributed by atoms with Crippen LogP contribution >= 0.6 is 11.6 Å². The number of aromatic nitrogens is 1. The number of aliphatic hydroxyl groups excluding tert-OH is 1. The molecule has 2 rings (SSSR count). The summed E-state index contributed by atoms with van der Waals surface area (Å²) in [5.74, 6) is 0.839. The molecule has 1 aliphatic heterocycles. The summed E-state index contributed by atoms with van der Waals surface area (Å²) in [5, 5.41) is 13.1. The standard InChI is InChI=1S/C14H22ClN3O2/c1-3-16-14-5-4-12(15)13(17-14)7-18-6-11(8-19)20-9-10(18)2/h4-5,10-11,19H,3,6-9H2,1-2H3,(H,16,17). The SMILES string of the molecule is CCNc1ccc(Cl)c(CN2CC(CO)OCC2C)n1. The first-order valence-electron chi connectivity index (χ1n) is 6.99. The lowest BCUT2D eigenvalue weighted by Gasteiger charge is -2.37. The lowest BCUT2D eigenvalue weighted by Crippen LogP contribution is -2.49. The van der Waals surface area contributed by atoms with Crippen molar-refractivity contribution >= 4 is 17.4 Å². The first kappa shape index (κ1) is 15.5. The summed E-state index contributed by atoms with van der Waals surface area (Å²) in [5.41, 5.74) is 0.857. The highest BCUT2D eigenvalue weighted by Crippen LogP contribution is 2.21. The molecule has 2 atom stereocenters. The minimum absolute atomic E-state index is 0.0435. The van der Waals surface area contributed by atoms with E-state index in [4.69, 9.17) is 16.3 Å². The number of hydrogen-bond acceptors (Lipinski definition) is 5. The summed E-state index contributed by atoms with van der Waals surface area (Å²) in [7, 11) is 0. The number of halogens is 1. The lowest BCUT2D eigenvalue weighted by molar-refractivity contribution is -0.0808. The van der Waals surface area contributed by atoms with Gasteiger partial charge < -0.3 is 15.2 Å². The van der Waals surface area contributed by atoms with Crippen LogP contribution in [0.15, 0.2) is 12.1 Å². The third-order valence-corrected chi connectivity index (χ3v) is 3.81. The van der Waals surface area contributed by atoms with Gasteiger partial charge in [0.15, 0.2) is 0 Å². The summed E-state index contributed by atoms with van der Waals surface area (Å²) in [6, 6.07) is 4.05. The Hall–Kier alpha value is -0.880. The van der Waals surface area contributed by atoms with Crippen molar-refractivity contribution in [3.05, 3.63) is 22.8 Å². The Morgan fingerprint density at radius 2 is 2.35 bits per heavy atom. The topological polar surface area (TPSA) is 57.6 Å². The Bertz CT molecular complexity index is 444. The van der Waals surface area contributed by atoms with Crippen molar-refractivity contribution in [3.63, 3.8) is 0 Å². The van der Waals surface area contributed by atoms with Crippen molar-refractivity contribution in [3.8, 4) is 0 Å². The van der Waals surface area contributed by atoms with Gasteiger partial charge in [0.2, 0.25) is 0 Å². The molecule has 0 amide bonds. The average molecular weight is 300 g/mol. The van der Waals surface area contributed by atoms with E-state index >= 15 is 0 Å². The van der Waals surface area contributed by atoms with Crippen LogP contribution in [-0.4, -0.2) is 53.4 Å². The van der Waals surface area contributed by atoms with Crippen molar-refractivity contribution in [1.82, 2.24) is 9.88 Å². The first-order chi connectivity index (χ1) is 9.63. The van der Waals surface area contributed by atoms with Gasteiger partial charge in [-0.25, -0.2) is 4.98 Å². The molecule has 1 aromatic heterocycles. The summed E-state index contributed by atoms with van der Waals surface area (Å²) in [6.45, 7) is 6.99. The number of pyridine rings is 1. The van der Waals surface area contributed by atoms with Crippen molar-refractivity contribution in [2.45, 2.75) is 32.5 Å². The van der Waals surface area contributed by atoms with Crippen LogP contribution in [0.3, 0.4) is 0 Å². The fraction of sp³-hybridized carbons (Fsp3) is 0.643. The Labute approximate surface area is 124 Å². The molecule has 0 spiro atoms. The third-order valence-electron chi connectivity index (χ3n) is 3.47. The minimum atomic E-state index is -0.123. The van der Waals surface area contributed by atoms with Gasteiger partial charge >= 0.3 is 0 Å². The van der Waals surface area contributed by atoms with Crippen LogP contribution in [0.4, 0.5) is 5.82 Å². The van der Waals surface area contributed by atoms with Crippen LogP contribution in [-0.2, 0) is 11.3 Å². The molecular weight excluding hydrogens is 278 g/mol. The van der Waals surface area contributed by atoms with E-state index in [0.717, 1.165) is 18.1 Å². The average Bonchev–Trinajstić information content (AvgIpc) is 2.45. The Balaban J connectivity index is 2.09. The fourth-order valence-corrected chi connectivity index (χ4v) is 2.44. The van der Waals surface area contributed by atoms with E-state index in [2.05, 4.69) is 22.1 Å². The maximum atomic E-state index is 9.23. The first-order valence-corrected chi connectivity index (χ1v) is 7.37. The molecule has 0 radical (unpaired) electrons. The molecule has 0 saturated carbocycles. The molecule has 2 unspecified atom stereocenters. The number of hydrogen-bond donors (Lipinski definition) is 2. The largest absolute Gasteiger partial charge is 0.394 e. The smallest absolute Gasteiger partial charge is 0.126 e. The third kappa shape index (κ3) is 3.82. The van der Waals surface area contributed by atoms with E-state index in [9.17, 15) is 5.11 Å². The lowest BCUT2D eigenvalue weighted by atomic mass is 10.2.